The molecule has 0 aliphatic carbocycles. The number of hydrogen-bond acceptors (Lipinski definition) is 3. The first-order chi connectivity index (χ1) is 6.52. The van der Waals surface area contributed by atoms with Gasteiger partial charge >= 0.3 is 0 Å². The highest BCUT2D eigenvalue weighted by Gasteiger charge is 2.13. The van der Waals surface area contributed by atoms with E-state index in [2.05, 4.69) is 10.1 Å². The Morgan fingerprint density at radius 1 is 1.36 bits per heavy atom. The van der Waals surface area contributed by atoms with Gasteiger partial charge in [0, 0.05) is 14.1 Å². The molecule has 0 atom stereocenters. The van der Waals surface area contributed by atoms with E-state index in [-0.39, 0.29) is 10.8 Å². The van der Waals surface area contributed by atoms with Crippen molar-refractivity contribution in [2.24, 2.45) is 14.1 Å². The lowest BCUT2D eigenvalue weighted by Gasteiger charge is -2.00. The van der Waals surface area contributed by atoms with Gasteiger partial charge in [-0.2, -0.15) is 5.10 Å². The van der Waals surface area contributed by atoms with Gasteiger partial charge in [0.25, 0.3) is 5.56 Å². The molecule has 2 heterocycles. The van der Waals surface area contributed by atoms with Crippen LogP contribution in [-0.2, 0) is 14.1 Å². The molecule has 0 bridgehead atoms. The first kappa shape index (κ1) is 9.21. The number of halogens is 1. The van der Waals surface area contributed by atoms with Crippen LogP contribution in [0.5, 0.6) is 0 Å². The highest BCUT2D eigenvalue weighted by Crippen LogP contribution is 2.13. The van der Waals surface area contributed by atoms with Crippen molar-refractivity contribution < 1.29 is 0 Å². The maximum absolute atomic E-state index is 11.8. The Labute approximate surface area is 84.9 Å². The van der Waals surface area contributed by atoms with E-state index in [4.69, 9.17) is 11.6 Å². The predicted molar refractivity (Wildman–Crippen MR) is 53.5 cm³/mol. The molecule has 0 saturated carbocycles. The van der Waals surface area contributed by atoms with E-state index in [1.165, 1.54) is 9.25 Å². The predicted octanol–water partition coefficient (Wildman–Crippen LogP) is 0.629. The molecular formula is C8H9ClN4O. The van der Waals surface area contributed by atoms with E-state index in [9.17, 15) is 4.79 Å². The Kier molecular flexibility index (Phi) is 1.85. The second-order valence-electron chi connectivity index (χ2n) is 3.15. The Balaban J connectivity index is 3.09. The van der Waals surface area contributed by atoms with Crippen molar-refractivity contribution in [1.82, 2.24) is 19.3 Å². The minimum Gasteiger partial charge on any atom is -0.285 e. The van der Waals surface area contributed by atoms with Gasteiger partial charge in [-0.1, -0.05) is 0 Å². The zero-order valence-electron chi connectivity index (χ0n) is 8.08. The molecule has 74 valence electrons. The van der Waals surface area contributed by atoms with E-state index >= 15 is 0 Å². The zero-order chi connectivity index (χ0) is 10.5. The number of aromatic nitrogens is 4. The zero-order valence-corrected chi connectivity index (χ0v) is 8.83. The number of nitrogens with zero attached hydrogens (tertiary/aromatic N) is 4. The van der Waals surface area contributed by atoms with Crippen molar-refractivity contribution in [3.05, 3.63) is 21.3 Å². The van der Waals surface area contributed by atoms with Crippen LogP contribution < -0.4 is 5.56 Å². The Hall–Kier alpha value is -1.36. The summed E-state index contributed by atoms with van der Waals surface area (Å²) < 4.78 is 2.82. The molecule has 2 aromatic rings. The summed E-state index contributed by atoms with van der Waals surface area (Å²) in [6.45, 7) is 1.80. The maximum atomic E-state index is 11.8. The number of fused-ring (bicyclic) bond motifs is 1. The molecular weight excluding hydrogens is 204 g/mol. The van der Waals surface area contributed by atoms with Crippen molar-refractivity contribution in [3.63, 3.8) is 0 Å². The molecule has 2 rings (SSSR count). The van der Waals surface area contributed by atoms with Crippen LogP contribution in [0.4, 0.5) is 0 Å². The minimum absolute atomic E-state index is 0.178. The standard InChI is InChI=1S/C8H9ClN4O/c1-4-5-6(13(3)11-4)7(14)12(2)8(9)10-5/h1-3H3. The van der Waals surface area contributed by atoms with Gasteiger partial charge in [0.15, 0.2) is 5.52 Å². The van der Waals surface area contributed by atoms with E-state index in [0.29, 0.717) is 16.7 Å². The van der Waals surface area contributed by atoms with E-state index in [1.807, 2.05) is 0 Å². The first-order valence-corrected chi connectivity index (χ1v) is 4.46. The molecule has 0 amide bonds. The van der Waals surface area contributed by atoms with Crippen LogP contribution in [0.3, 0.4) is 0 Å². The van der Waals surface area contributed by atoms with Gasteiger partial charge in [0.2, 0.25) is 5.28 Å². The molecule has 0 saturated heterocycles. The summed E-state index contributed by atoms with van der Waals surface area (Å²) in [5.41, 5.74) is 1.58. The summed E-state index contributed by atoms with van der Waals surface area (Å²) in [7, 11) is 3.30. The van der Waals surface area contributed by atoms with Crippen LogP contribution in [0.2, 0.25) is 5.28 Å². The van der Waals surface area contributed by atoms with Crippen LogP contribution >= 0.6 is 11.6 Å². The summed E-state index contributed by atoms with van der Waals surface area (Å²) in [5, 5.41) is 4.29. The summed E-state index contributed by atoms with van der Waals surface area (Å²) in [5.74, 6) is 0. The number of rotatable bonds is 0. The summed E-state index contributed by atoms with van der Waals surface area (Å²) >= 11 is 5.79. The second-order valence-corrected chi connectivity index (χ2v) is 3.49. The number of hydrogen-bond donors (Lipinski definition) is 0. The topological polar surface area (TPSA) is 52.7 Å². The van der Waals surface area contributed by atoms with Crippen molar-refractivity contribution >= 4 is 22.6 Å². The molecule has 0 unspecified atom stereocenters. The highest BCUT2D eigenvalue weighted by atomic mass is 35.5. The van der Waals surface area contributed by atoms with Gasteiger partial charge in [-0.05, 0) is 18.5 Å². The molecule has 2 aromatic heterocycles. The monoisotopic (exact) mass is 212 g/mol. The Morgan fingerprint density at radius 2 is 2.00 bits per heavy atom. The van der Waals surface area contributed by atoms with Gasteiger partial charge in [0.1, 0.15) is 5.52 Å². The van der Waals surface area contributed by atoms with E-state index < -0.39 is 0 Å². The third-order valence-electron chi connectivity index (χ3n) is 2.18. The van der Waals surface area contributed by atoms with E-state index in [1.54, 1.807) is 21.0 Å². The van der Waals surface area contributed by atoms with Crippen LogP contribution in [0.15, 0.2) is 4.79 Å². The van der Waals surface area contributed by atoms with Crippen molar-refractivity contribution in [2.75, 3.05) is 0 Å². The fraction of sp³-hybridized carbons (Fsp3) is 0.375. The first-order valence-electron chi connectivity index (χ1n) is 4.08. The molecule has 14 heavy (non-hydrogen) atoms. The van der Waals surface area contributed by atoms with Gasteiger partial charge in [-0.3, -0.25) is 14.0 Å². The molecule has 0 radical (unpaired) electrons. The van der Waals surface area contributed by atoms with Crippen molar-refractivity contribution in [2.45, 2.75) is 6.92 Å². The van der Waals surface area contributed by atoms with Gasteiger partial charge in [-0.15, -0.1) is 0 Å². The smallest absolute Gasteiger partial charge is 0.280 e. The SMILES string of the molecule is Cc1nn(C)c2c(=O)n(C)c(Cl)nc12. The average molecular weight is 213 g/mol. The molecule has 6 heteroatoms. The molecule has 5 nitrogen and oxygen atoms in total. The lowest BCUT2D eigenvalue weighted by atomic mass is 10.4. The Morgan fingerprint density at radius 3 is 2.64 bits per heavy atom. The van der Waals surface area contributed by atoms with Crippen LogP contribution in [0, 0.1) is 6.92 Å². The third-order valence-corrected chi connectivity index (χ3v) is 2.52. The molecule has 0 spiro atoms. The quantitative estimate of drug-likeness (QED) is 0.602. The van der Waals surface area contributed by atoms with Crippen molar-refractivity contribution in [3.8, 4) is 0 Å². The highest BCUT2D eigenvalue weighted by molar-refractivity contribution is 6.28. The van der Waals surface area contributed by atoms with Crippen LogP contribution in [-0.4, -0.2) is 19.3 Å². The van der Waals surface area contributed by atoms with Crippen LogP contribution in [0.1, 0.15) is 5.69 Å². The van der Waals surface area contributed by atoms with Gasteiger partial charge in [0.05, 0.1) is 5.69 Å². The second kappa shape index (κ2) is 2.81. The largest absolute Gasteiger partial charge is 0.285 e. The summed E-state index contributed by atoms with van der Waals surface area (Å²) in [4.78, 5) is 15.9. The van der Waals surface area contributed by atoms with Gasteiger partial charge in [-0.25, -0.2) is 4.98 Å². The summed E-state index contributed by atoms with van der Waals surface area (Å²) in [6, 6.07) is 0. The fourth-order valence-corrected chi connectivity index (χ4v) is 1.59. The van der Waals surface area contributed by atoms with Crippen molar-refractivity contribution in [1.29, 1.82) is 0 Å². The maximum Gasteiger partial charge on any atom is 0.280 e. The Bertz CT molecular complexity index is 569. The fourth-order valence-electron chi connectivity index (χ4n) is 1.43. The molecule has 0 N–H and O–H groups in total. The molecule has 0 aliphatic rings. The lowest BCUT2D eigenvalue weighted by Crippen LogP contribution is -2.20. The minimum atomic E-state index is -0.178. The van der Waals surface area contributed by atoms with Gasteiger partial charge < -0.3 is 0 Å². The average Bonchev–Trinajstić information content (AvgIpc) is 2.38. The molecule has 0 aromatic carbocycles. The van der Waals surface area contributed by atoms with Crippen LogP contribution in [0.25, 0.3) is 11.0 Å². The normalized spacial score (nSPS) is 11.1. The lowest BCUT2D eigenvalue weighted by molar-refractivity contribution is 0.765. The number of aryl methyl sites for hydroxylation is 2. The molecule has 0 aliphatic heterocycles. The molecule has 0 fully saturated rings. The summed E-state index contributed by atoms with van der Waals surface area (Å²) in [6.07, 6.45) is 0. The van der Waals surface area contributed by atoms with E-state index in [0.717, 1.165) is 0 Å². The third kappa shape index (κ3) is 1.05.